The first-order valence-electron chi connectivity index (χ1n) is 4.50. The van der Waals surface area contributed by atoms with Gasteiger partial charge in [-0.25, -0.2) is 9.59 Å². The molecule has 0 unspecified atom stereocenters. The summed E-state index contributed by atoms with van der Waals surface area (Å²) >= 11 is 0. The van der Waals surface area contributed by atoms with Crippen LogP contribution in [0.15, 0.2) is 18.2 Å². The van der Waals surface area contributed by atoms with Crippen molar-refractivity contribution >= 4 is 11.9 Å². The Bertz CT molecular complexity index is 419. The number of fused-ring (bicyclic) bond motifs is 1. The van der Waals surface area contributed by atoms with Crippen molar-refractivity contribution in [3.8, 4) is 0 Å². The van der Waals surface area contributed by atoms with Gasteiger partial charge in [-0.3, -0.25) is 0 Å². The van der Waals surface area contributed by atoms with Crippen molar-refractivity contribution in [3.05, 3.63) is 34.9 Å². The Morgan fingerprint density at radius 1 is 1.14 bits per heavy atom. The van der Waals surface area contributed by atoms with E-state index in [4.69, 9.17) is 0 Å². The summed E-state index contributed by atoms with van der Waals surface area (Å²) in [6.07, 6.45) is 0. The maximum Gasteiger partial charge on any atom is 0.347 e. The topological polar surface area (TPSA) is 43.4 Å². The molecule has 14 heavy (non-hydrogen) atoms. The molecule has 0 N–H and O–H groups in total. The summed E-state index contributed by atoms with van der Waals surface area (Å²) in [7, 11) is 0. The second kappa shape index (κ2) is 2.94. The number of cyclic esters (lactones) is 2. The van der Waals surface area contributed by atoms with Gasteiger partial charge in [-0.15, -0.1) is 0 Å². The van der Waals surface area contributed by atoms with E-state index in [1.807, 2.05) is 19.9 Å². The zero-order valence-corrected chi connectivity index (χ0v) is 8.03. The number of carbonyl (C=O) groups is 2. The standard InChI is InChI=1S/C11H10O3/c1-6(2)7-4-3-5-8-9(7)11(13)14-10(8)12/h3-6H,1-2H3. The highest BCUT2D eigenvalue weighted by Gasteiger charge is 2.32. The van der Waals surface area contributed by atoms with Crippen molar-refractivity contribution in [1.82, 2.24) is 0 Å². The van der Waals surface area contributed by atoms with Crippen molar-refractivity contribution in [2.75, 3.05) is 0 Å². The monoisotopic (exact) mass is 190 g/mol. The molecule has 0 radical (unpaired) electrons. The number of ether oxygens (including phenoxy) is 1. The molecule has 1 aromatic rings. The highest BCUT2D eigenvalue weighted by Crippen LogP contribution is 2.28. The average Bonchev–Trinajstić information content (AvgIpc) is 2.43. The Kier molecular flexibility index (Phi) is 1.88. The van der Waals surface area contributed by atoms with E-state index in [9.17, 15) is 9.59 Å². The fraction of sp³-hybridized carbons (Fsp3) is 0.273. The third-order valence-corrected chi connectivity index (χ3v) is 2.33. The number of hydrogen-bond donors (Lipinski definition) is 0. The number of carbonyl (C=O) groups excluding carboxylic acids is 2. The number of hydrogen-bond acceptors (Lipinski definition) is 3. The van der Waals surface area contributed by atoms with E-state index in [1.165, 1.54) is 0 Å². The summed E-state index contributed by atoms with van der Waals surface area (Å²) in [6, 6.07) is 5.24. The zero-order valence-electron chi connectivity index (χ0n) is 8.03. The quantitative estimate of drug-likeness (QED) is 0.503. The minimum absolute atomic E-state index is 0.211. The van der Waals surface area contributed by atoms with Crippen LogP contribution in [0.3, 0.4) is 0 Å². The van der Waals surface area contributed by atoms with Gasteiger partial charge in [0, 0.05) is 0 Å². The third-order valence-electron chi connectivity index (χ3n) is 2.33. The Morgan fingerprint density at radius 3 is 2.50 bits per heavy atom. The van der Waals surface area contributed by atoms with Crippen LogP contribution in [0.5, 0.6) is 0 Å². The van der Waals surface area contributed by atoms with Crippen molar-refractivity contribution in [1.29, 1.82) is 0 Å². The first-order valence-corrected chi connectivity index (χ1v) is 4.50. The van der Waals surface area contributed by atoms with E-state index < -0.39 is 11.9 Å². The molecule has 1 aliphatic heterocycles. The lowest BCUT2D eigenvalue weighted by molar-refractivity contribution is 0.0443. The molecule has 1 aromatic carbocycles. The van der Waals surface area contributed by atoms with Crippen LogP contribution in [0.25, 0.3) is 0 Å². The van der Waals surface area contributed by atoms with Gasteiger partial charge in [-0.1, -0.05) is 26.0 Å². The van der Waals surface area contributed by atoms with Crippen molar-refractivity contribution in [3.63, 3.8) is 0 Å². The van der Waals surface area contributed by atoms with Crippen LogP contribution in [0.4, 0.5) is 0 Å². The maximum absolute atomic E-state index is 11.4. The molecule has 0 fully saturated rings. The van der Waals surface area contributed by atoms with E-state index in [0.29, 0.717) is 11.1 Å². The smallest absolute Gasteiger partial charge is 0.347 e. The molecular weight excluding hydrogens is 180 g/mol. The van der Waals surface area contributed by atoms with Gasteiger partial charge < -0.3 is 4.74 Å². The molecule has 1 aliphatic rings. The summed E-state index contributed by atoms with van der Waals surface area (Å²) in [6.45, 7) is 3.96. The van der Waals surface area contributed by atoms with Gasteiger partial charge in [0.05, 0.1) is 11.1 Å². The Hall–Kier alpha value is -1.64. The van der Waals surface area contributed by atoms with Crippen LogP contribution in [0, 0.1) is 0 Å². The van der Waals surface area contributed by atoms with E-state index in [2.05, 4.69) is 4.74 Å². The molecule has 3 heteroatoms. The van der Waals surface area contributed by atoms with Crippen molar-refractivity contribution < 1.29 is 14.3 Å². The highest BCUT2D eigenvalue weighted by atomic mass is 16.6. The van der Waals surface area contributed by atoms with E-state index in [1.54, 1.807) is 12.1 Å². The lowest BCUT2D eigenvalue weighted by Crippen LogP contribution is -2.01. The molecule has 0 aliphatic carbocycles. The third kappa shape index (κ3) is 1.13. The van der Waals surface area contributed by atoms with E-state index in [0.717, 1.165) is 5.56 Å². The first kappa shape index (κ1) is 8.94. The Labute approximate surface area is 81.7 Å². The molecule has 0 bridgehead atoms. The number of benzene rings is 1. The normalized spacial score (nSPS) is 14.5. The molecule has 0 atom stereocenters. The summed E-state index contributed by atoms with van der Waals surface area (Å²) in [5.74, 6) is -0.842. The van der Waals surface area contributed by atoms with Crippen LogP contribution in [0.2, 0.25) is 0 Å². The van der Waals surface area contributed by atoms with Crippen molar-refractivity contribution in [2.24, 2.45) is 0 Å². The number of rotatable bonds is 1. The lowest BCUT2D eigenvalue weighted by Gasteiger charge is -2.07. The second-order valence-corrected chi connectivity index (χ2v) is 3.60. The van der Waals surface area contributed by atoms with E-state index in [-0.39, 0.29) is 5.92 Å². The molecule has 0 spiro atoms. The molecule has 72 valence electrons. The molecule has 0 amide bonds. The maximum atomic E-state index is 11.4. The molecule has 0 saturated heterocycles. The lowest BCUT2D eigenvalue weighted by atomic mass is 9.94. The van der Waals surface area contributed by atoms with Gasteiger partial charge >= 0.3 is 11.9 Å². The predicted octanol–water partition coefficient (Wildman–Crippen LogP) is 2.12. The zero-order chi connectivity index (χ0) is 10.3. The SMILES string of the molecule is CC(C)c1cccc2c1C(=O)OC2=O. The molecule has 3 nitrogen and oxygen atoms in total. The van der Waals surface area contributed by atoms with Gasteiger partial charge in [-0.2, -0.15) is 0 Å². The average molecular weight is 190 g/mol. The van der Waals surface area contributed by atoms with Crippen LogP contribution < -0.4 is 0 Å². The summed E-state index contributed by atoms with van der Waals surface area (Å²) in [5, 5.41) is 0. The first-order chi connectivity index (χ1) is 6.61. The summed E-state index contributed by atoms with van der Waals surface area (Å²) < 4.78 is 4.54. The molecule has 0 aromatic heterocycles. The summed E-state index contributed by atoms with van der Waals surface area (Å²) in [5.41, 5.74) is 1.70. The molecule has 2 rings (SSSR count). The van der Waals surface area contributed by atoms with E-state index >= 15 is 0 Å². The molecule has 0 saturated carbocycles. The van der Waals surface area contributed by atoms with Crippen LogP contribution in [-0.4, -0.2) is 11.9 Å². The Morgan fingerprint density at radius 2 is 1.86 bits per heavy atom. The minimum atomic E-state index is -0.535. The van der Waals surface area contributed by atoms with Crippen LogP contribution in [0.1, 0.15) is 46.0 Å². The highest BCUT2D eigenvalue weighted by molar-refractivity contribution is 6.15. The summed E-state index contributed by atoms with van der Waals surface area (Å²) in [4.78, 5) is 22.6. The minimum Gasteiger partial charge on any atom is -0.386 e. The molecule has 1 heterocycles. The fourth-order valence-electron chi connectivity index (χ4n) is 1.64. The van der Waals surface area contributed by atoms with Gasteiger partial charge in [0.25, 0.3) is 0 Å². The van der Waals surface area contributed by atoms with Crippen LogP contribution in [-0.2, 0) is 4.74 Å². The van der Waals surface area contributed by atoms with Gasteiger partial charge in [0.2, 0.25) is 0 Å². The van der Waals surface area contributed by atoms with Gasteiger partial charge in [-0.05, 0) is 17.5 Å². The fourth-order valence-corrected chi connectivity index (χ4v) is 1.64. The van der Waals surface area contributed by atoms with Crippen LogP contribution >= 0.6 is 0 Å². The van der Waals surface area contributed by atoms with Crippen molar-refractivity contribution in [2.45, 2.75) is 19.8 Å². The van der Waals surface area contributed by atoms with Gasteiger partial charge in [0.1, 0.15) is 0 Å². The molecular formula is C11H10O3. The second-order valence-electron chi connectivity index (χ2n) is 3.60. The predicted molar refractivity (Wildman–Crippen MR) is 50.3 cm³/mol. The Balaban J connectivity index is 2.68. The van der Waals surface area contributed by atoms with Gasteiger partial charge in [0.15, 0.2) is 0 Å². The largest absolute Gasteiger partial charge is 0.386 e. The number of esters is 2.